The molecular weight excluding hydrogens is 302 g/mol. The minimum Gasteiger partial charge on any atom is -0.380 e. The van der Waals surface area contributed by atoms with Crippen molar-refractivity contribution in [1.29, 1.82) is 0 Å². The third-order valence-electron chi connectivity index (χ3n) is 3.88. The molecule has 0 amide bonds. The van der Waals surface area contributed by atoms with Crippen molar-refractivity contribution in [2.75, 3.05) is 23.3 Å². The molecule has 3 nitrogen and oxygen atoms in total. The zero-order valence-electron chi connectivity index (χ0n) is 12.2. The average molecular weight is 322 g/mol. The van der Waals surface area contributed by atoms with Crippen LogP contribution in [-0.4, -0.2) is 18.1 Å². The van der Waals surface area contributed by atoms with Gasteiger partial charge in [-0.1, -0.05) is 18.5 Å². The fourth-order valence-electron chi connectivity index (χ4n) is 2.77. The lowest BCUT2D eigenvalue weighted by atomic mass is 10.00. The van der Waals surface area contributed by atoms with Gasteiger partial charge in [0, 0.05) is 35.5 Å². The van der Waals surface area contributed by atoms with Crippen molar-refractivity contribution in [3.05, 3.63) is 39.8 Å². The van der Waals surface area contributed by atoms with Crippen LogP contribution in [0.3, 0.4) is 0 Å². The Balaban J connectivity index is 1.58. The number of rotatable bonds is 4. The number of piperidine rings is 1. The van der Waals surface area contributed by atoms with Gasteiger partial charge in [-0.2, -0.15) is 0 Å². The normalized spacial score (nSPS) is 18.8. The highest BCUT2D eigenvalue weighted by atomic mass is 35.5. The molecule has 0 radical (unpaired) electrons. The number of thiazole rings is 1. The molecule has 0 saturated carbocycles. The van der Waals surface area contributed by atoms with Gasteiger partial charge in [-0.15, -0.1) is 11.3 Å². The number of anilines is 2. The van der Waals surface area contributed by atoms with E-state index in [1.54, 1.807) is 0 Å². The molecule has 1 aromatic carbocycles. The molecule has 2 heterocycles. The predicted molar refractivity (Wildman–Crippen MR) is 91.5 cm³/mol. The molecule has 0 aliphatic carbocycles. The van der Waals surface area contributed by atoms with E-state index in [0.29, 0.717) is 4.47 Å². The van der Waals surface area contributed by atoms with Crippen LogP contribution in [-0.2, 0) is 6.54 Å². The molecule has 1 N–H and O–H groups in total. The molecule has 112 valence electrons. The second kappa shape index (κ2) is 6.67. The van der Waals surface area contributed by atoms with E-state index in [4.69, 9.17) is 11.6 Å². The van der Waals surface area contributed by atoms with Crippen LogP contribution in [0.5, 0.6) is 0 Å². The number of hydrogen-bond donors (Lipinski definition) is 1. The molecule has 3 rings (SSSR count). The van der Waals surface area contributed by atoms with Gasteiger partial charge in [0.05, 0.1) is 6.54 Å². The van der Waals surface area contributed by atoms with Crippen LogP contribution in [0.4, 0.5) is 11.4 Å². The number of benzene rings is 1. The van der Waals surface area contributed by atoms with E-state index >= 15 is 0 Å². The highest BCUT2D eigenvalue weighted by Gasteiger charge is 2.16. The second-order valence-corrected chi connectivity index (χ2v) is 7.37. The summed E-state index contributed by atoms with van der Waals surface area (Å²) >= 11 is 7.35. The van der Waals surface area contributed by atoms with Crippen molar-refractivity contribution in [1.82, 2.24) is 4.98 Å². The summed E-state index contributed by atoms with van der Waals surface area (Å²) in [6.45, 7) is 5.45. The zero-order valence-corrected chi connectivity index (χ0v) is 13.8. The van der Waals surface area contributed by atoms with Crippen molar-refractivity contribution in [3.8, 4) is 0 Å². The molecule has 21 heavy (non-hydrogen) atoms. The molecule has 2 aromatic rings. The molecule has 1 aliphatic rings. The topological polar surface area (TPSA) is 28.2 Å². The van der Waals surface area contributed by atoms with Gasteiger partial charge in [0.2, 0.25) is 0 Å². The van der Waals surface area contributed by atoms with E-state index < -0.39 is 0 Å². The third-order valence-corrected chi connectivity index (χ3v) is 5.00. The number of nitrogens with zero attached hydrogens (tertiary/aromatic N) is 2. The molecule has 1 aromatic heterocycles. The Morgan fingerprint density at radius 1 is 1.38 bits per heavy atom. The maximum atomic E-state index is 5.83. The minimum absolute atomic E-state index is 0.598. The number of halogens is 1. The summed E-state index contributed by atoms with van der Waals surface area (Å²) < 4.78 is 0.598. The van der Waals surface area contributed by atoms with E-state index in [0.717, 1.165) is 23.0 Å². The number of nitrogens with one attached hydrogen (secondary N) is 1. The van der Waals surface area contributed by atoms with Gasteiger partial charge in [0.1, 0.15) is 0 Å². The Kier molecular flexibility index (Phi) is 4.66. The Morgan fingerprint density at radius 3 is 2.86 bits per heavy atom. The smallest absolute Gasteiger partial charge is 0.183 e. The summed E-state index contributed by atoms with van der Waals surface area (Å²) in [5.41, 5.74) is 2.46. The van der Waals surface area contributed by atoms with Crippen LogP contribution in [0.25, 0.3) is 0 Å². The summed E-state index contributed by atoms with van der Waals surface area (Å²) in [6.07, 6.45) is 4.48. The van der Waals surface area contributed by atoms with E-state index in [1.807, 2.05) is 6.20 Å². The first kappa shape index (κ1) is 14.7. The molecular formula is C16H20ClN3S. The van der Waals surface area contributed by atoms with Gasteiger partial charge in [-0.25, -0.2) is 4.98 Å². The van der Waals surface area contributed by atoms with Gasteiger partial charge in [-0.05, 0) is 43.0 Å². The number of hydrogen-bond acceptors (Lipinski definition) is 4. The quantitative estimate of drug-likeness (QED) is 0.888. The zero-order chi connectivity index (χ0) is 14.7. The maximum Gasteiger partial charge on any atom is 0.183 e. The lowest BCUT2D eigenvalue weighted by Gasteiger charge is -2.32. The van der Waals surface area contributed by atoms with Crippen LogP contribution in [0, 0.1) is 5.92 Å². The standard InChI is InChI=1S/C16H20ClN3S/c1-12-3-2-8-20(11-12)14-6-4-13(5-7-14)18-9-15-10-19-16(17)21-15/h4-7,10,12,18H,2-3,8-9,11H2,1H3. The molecule has 1 saturated heterocycles. The first-order chi connectivity index (χ1) is 10.2. The van der Waals surface area contributed by atoms with Gasteiger partial charge in [-0.3, -0.25) is 0 Å². The van der Waals surface area contributed by atoms with Crippen molar-refractivity contribution in [3.63, 3.8) is 0 Å². The van der Waals surface area contributed by atoms with Crippen molar-refractivity contribution in [2.24, 2.45) is 5.92 Å². The molecule has 0 spiro atoms. The van der Waals surface area contributed by atoms with Crippen molar-refractivity contribution >= 4 is 34.3 Å². The molecule has 0 bridgehead atoms. The molecule has 1 fully saturated rings. The highest BCUT2D eigenvalue weighted by molar-refractivity contribution is 7.15. The van der Waals surface area contributed by atoms with Crippen LogP contribution in [0.2, 0.25) is 4.47 Å². The average Bonchev–Trinajstić information content (AvgIpc) is 2.91. The third kappa shape index (κ3) is 3.89. The first-order valence-corrected chi connectivity index (χ1v) is 8.59. The SMILES string of the molecule is CC1CCCN(c2ccc(NCc3cnc(Cl)s3)cc2)C1. The van der Waals surface area contributed by atoms with Crippen molar-refractivity contribution < 1.29 is 0 Å². The van der Waals surface area contributed by atoms with Crippen LogP contribution in [0.15, 0.2) is 30.5 Å². The molecule has 1 atom stereocenters. The largest absolute Gasteiger partial charge is 0.380 e. The van der Waals surface area contributed by atoms with Crippen LogP contribution < -0.4 is 10.2 Å². The first-order valence-electron chi connectivity index (χ1n) is 7.40. The Bertz CT molecular complexity index is 581. The molecule has 1 unspecified atom stereocenters. The summed E-state index contributed by atoms with van der Waals surface area (Å²) in [6, 6.07) is 8.72. The summed E-state index contributed by atoms with van der Waals surface area (Å²) in [7, 11) is 0. The minimum atomic E-state index is 0.598. The van der Waals surface area contributed by atoms with Gasteiger partial charge in [0.25, 0.3) is 0 Å². The van der Waals surface area contributed by atoms with Gasteiger partial charge >= 0.3 is 0 Å². The highest BCUT2D eigenvalue weighted by Crippen LogP contribution is 2.25. The fourth-order valence-corrected chi connectivity index (χ4v) is 3.69. The maximum absolute atomic E-state index is 5.83. The van der Waals surface area contributed by atoms with E-state index in [9.17, 15) is 0 Å². The molecule has 5 heteroatoms. The van der Waals surface area contributed by atoms with E-state index in [-0.39, 0.29) is 0 Å². The lowest BCUT2D eigenvalue weighted by molar-refractivity contribution is 0.447. The molecule has 1 aliphatic heterocycles. The lowest BCUT2D eigenvalue weighted by Crippen LogP contribution is -2.34. The van der Waals surface area contributed by atoms with Crippen LogP contribution in [0.1, 0.15) is 24.6 Å². The second-order valence-electron chi connectivity index (χ2n) is 5.67. The van der Waals surface area contributed by atoms with Gasteiger partial charge < -0.3 is 10.2 Å². The van der Waals surface area contributed by atoms with Crippen LogP contribution >= 0.6 is 22.9 Å². The number of aromatic nitrogens is 1. The summed E-state index contributed by atoms with van der Waals surface area (Å²) in [5, 5.41) is 3.41. The predicted octanol–water partition coefficient (Wildman–Crippen LogP) is 4.64. The fraction of sp³-hybridized carbons (Fsp3) is 0.438. The Morgan fingerprint density at radius 2 is 2.19 bits per heavy atom. The summed E-state index contributed by atoms with van der Waals surface area (Å²) in [5.74, 6) is 0.799. The van der Waals surface area contributed by atoms with Gasteiger partial charge in [0.15, 0.2) is 4.47 Å². The van der Waals surface area contributed by atoms with Crippen molar-refractivity contribution in [2.45, 2.75) is 26.3 Å². The Hall–Kier alpha value is -1.26. The summed E-state index contributed by atoms with van der Waals surface area (Å²) in [4.78, 5) is 7.68. The van der Waals surface area contributed by atoms with E-state index in [1.165, 1.54) is 43.0 Å². The monoisotopic (exact) mass is 321 g/mol. The van der Waals surface area contributed by atoms with E-state index in [2.05, 4.69) is 46.4 Å². The Labute approximate surface area is 135 Å².